The van der Waals surface area contributed by atoms with Crippen LogP contribution in [0, 0.1) is 10.1 Å². The van der Waals surface area contributed by atoms with Gasteiger partial charge in [-0.25, -0.2) is 8.42 Å². The number of ether oxygens (including phenoxy) is 1. The predicted octanol–water partition coefficient (Wildman–Crippen LogP) is -0.370. The number of nitro benzene ring substituents is 1. The van der Waals surface area contributed by atoms with E-state index < -0.39 is 14.9 Å². The average Bonchev–Trinajstić information content (AvgIpc) is 2.35. The topological polar surface area (TPSA) is 137 Å². The molecule has 0 heterocycles. The maximum atomic E-state index is 11.9. The van der Waals surface area contributed by atoms with E-state index in [1.54, 1.807) is 0 Å². The number of nitrogens with zero attached hydrogens (tertiary/aromatic N) is 1. The number of rotatable bonds is 5. The monoisotopic (exact) mass is 306 g/mol. The lowest BCUT2D eigenvalue weighted by Crippen LogP contribution is -2.44. The molecule has 1 aromatic rings. The number of thiocarbonyl (C=S) groups is 1. The van der Waals surface area contributed by atoms with Gasteiger partial charge in [-0.2, -0.15) is 0 Å². The number of hydrogen-bond acceptors (Lipinski definition) is 6. The number of nitrogens with one attached hydrogen (secondary N) is 2. The first-order valence-corrected chi connectivity index (χ1v) is 6.56. The minimum absolute atomic E-state index is 0.175. The van der Waals surface area contributed by atoms with Gasteiger partial charge in [-0.05, 0) is 18.3 Å². The zero-order valence-corrected chi connectivity index (χ0v) is 11.2. The molecule has 0 atom stereocenters. The second kappa shape index (κ2) is 5.77. The summed E-state index contributed by atoms with van der Waals surface area (Å²) in [4.78, 5) is 11.5. The summed E-state index contributed by atoms with van der Waals surface area (Å²) in [5.74, 6) is -0.175. The van der Waals surface area contributed by atoms with E-state index in [2.05, 4.69) is 17.6 Å². The van der Waals surface area contributed by atoms with Crippen molar-refractivity contribution in [1.82, 2.24) is 10.3 Å². The van der Waals surface area contributed by atoms with Crippen molar-refractivity contribution in [2.75, 3.05) is 7.11 Å². The first-order valence-electron chi connectivity index (χ1n) is 4.67. The second-order valence-corrected chi connectivity index (χ2v) is 5.28. The lowest BCUT2D eigenvalue weighted by Gasteiger charge is -2.10. The van der Waals surface area contributed by atoms with Crippen LogP contribution in [0.1, 0.15) is 0 Å². The van der Waals surface area contributed by atoms with Crippen molar-refractivity contribution in [2.45, 2.75) is 4.90 Å². The summed E-state index contributed by atoms with van der Waals surface area (Å²) in [5.41, 5.74) is 6.85. The number of hydrazine groups is 1. The number of nitrogens with two attached hydrogens (primary N) is 1. The number of methoxy groups -OCH3 is 1. The van der Waals surface area contributed by atoms with Crippen LogP contribution in [0.4, 0.5) is 5.69 Å². The van der Waals surface area contributed by atoms with E-state index in [0.29, 0.717) is 0 Å². The molecule has 0 saturated heterocycles. The molecule has 0 fully saturated rings. The summed E-state index contributed by atoms with van der Waals surface area (Å²) in [6, 6.07) is 3.08. The highest BCUT2D eigenvalue weighted by molar-refractivity contribution is 7.89. The van der Waals surface area contributed by atoms with E-state index in [4.69, 9.17) is 10.5 Å². The van der Waals surface area contributed by atoms with Crippen LogP contribution in [0.25, 0.3) is 0 Å². The third kappa shape index (κ3) is 3.74. The van der Waals surface area contributed by atoms with Crippen molar-refractivity contribution in [3.8, 4) is 5.75 Å². The minimum atomic E-state index is -4.02. The zero-order valence-electron chi connectivity index (χ0n) is 9.61. The Bertz CT molecular complexity index is 616. The van der Waals surface area contributed by atoms with Gasteiger partial charge < -0.3 is 10.5 Å². The SMILES string of the molecule is COc1cc([N+](=O)[O-])ccc1S(=O)(=O)NNC(N)=S. The third-order valence-corrected chi connectivity index (χ3v) is 3.35. The van der Waals surface area contributed by atoms with Crippen molar-refractivity contribution >= 4 is 33.0 Å². The van der Waals surface area contributed by atoms with Gasteiger partial charge in [0.2, 0.25) is 0 Å². The molecule has 0 bridgehead atoms. The fraction of sp³-hybridized carbons (Fsp3) is 0.125. The van der Waals surface area contributed by atoms with Crippen molar-refractivity contribution in [3.63, 3.8) is 0 Å². The smallest absolute Gasteiger partial charge is 0.273 e. The van der Waals surface area contributed by atoms with Gasteiger partial charge in [-0.15, -0.1) is 4.83 Å². The highest BCUT2D eigenvalue weighted by Gasteiger charge is 2.22. The summed E-state index contributed by atoms with van der Waals surface area (Å²) < 4.78 is 28.5. The Morgan fingerprint density at radius 2 is 2.16 bits per heavy atom. The Balaban J connectivity index is 3.19. The Labute approximate surface area is 113 Å². The number of benzene rings is 1. The molecule has 11 heteroatoms. The summed E-state index contributed by atoms with van der Waals surface area (Å²) in [6.45, 7) is 0. The molecule has 9 nitrogen and oxygen atoms in total. The quantitative estimate of drug-likeness (QED) is 0.381. The van der Waals surface area contributed by atoms with Crippen LogP contribution in [-0.4, -0.2) is 25.6 Å². The lowest BCUT2D eigenvalue weighted by molar-refractivity contribution is -0.385. The highest BCUT2D eigenvalue weighted by atomic mass is 32.2. The van der Waals surface area contributed by atoms with Gasteiger partial charge in [0.25, 0.3) is 15.7 Å². The molecule has 1 rings (SSSR count). The van der Waals surface area contributed by atoms with E-state index in [9.17, 15) is 18.5 Å². The van der Waals surface area contributed by atoms with Crippen LogP contribution >= 0.6 is 12.2 Å². The van der Waals surface area contributed by atoms with Gasteiger partial charge in [0, 0.05) is 6.07 Å². The van der Waals surface area contributed by atoms with Crippen LogP contribution < -0.4 is 20.7 Å². The average molecular weight is 306 g/mol. The lowest BCUT2D eigenvalue weighted by atomic mass is 10.3. The van der Waals surface area contributed by atoms with E-state index in [1.807, 2.05) is 4.83 Å². The molecule has 0 aliphatic rings. The Kier molecular flexibility index (Phi) is 4.58. The van der Waals surface area contributed by atoms with Crippen LogP contribution in [-0.2, 0) is 10.0 Å². The normalized spacial score (nSPS) is 10.8. The Hall–Kier alpha value is -1.98. The fourth-order valence-electron chi connectivity index (χ4n) is 1.16. The summed E-state index contributed by atoms with van der Waals surface area (Å²) in [7, 11) is -2.82. The maximum absolute atomic E-state index is 11.9. The van der Waals surface area contributed by atoms with Gasteiger partial charge >= 0.3 is 0 Å². The van der Waals surface area contributed by atoms with Crippen molar-refractivity contribution in [3.05, 3.63) is 28.3 Å². The molecule has 1 aromatic carbocycles. The van der Waals surface area contributed by atoms with Gasteiger partial charge in [0.05, 0.1) is 18.1 Å². The molecule has 0 saturated carbocycles. The molecule has 4 N–H and O–H groups in total. The van der Waals surface area contributed by atoms with Gasteiger partial charge in [-0.3, -0.25) is 15.5 Å². The van der Waals surface area contributed by atoms with E-state index in [0.717, 1.165) is 18.2 Å². The largest absolute Gasteiger partial charge is 0.495 e. The summed E-state index contributed by atoms with van der Waals surface area (Å²) in [6.07, 6.45) is 0. The second-order valence-electron chi connectivity index (χ2n) is 3.19. The molecule has 19 heavy (non-hydrogen) atoms. The standard InChI is InChI=1S/C8H10N4O5S2/c1-17-6-4-5(12(13)14)2-3-7(6)19(15,16)11-10-8(9)18/h2-4,11H,1H3,(H3,9,10,18). The molecular formula is C8H10N4O5S2. The molecule has 0 aliphatic carbocycles. The van der Waals surface area contributed by atoms with Gasteiger partial charge in [0.1, 0.15) is 10.6 Å². The summed E-state index contributed by atoms with van der Waals surface area (Å²) >= 11 is 4.45. The van der Waals surface area contributed by atoms with Crippen molar-refractivity contribution in [2.24, 2.45) is 5.73 Å². The molecule has 0 spiro atoms. The molecule has 0 radical (unpaired) electrons. The zero-order chi connectivity index (χ0) is 14.6. The summed E-state index contributed by atoms with van der Waals surface area (Å²) in [5, 5.41) is 10.3. The molecule has 0 aromatic heterocycles. The Morgan fingerprint density at radius 1 is 1.53 bits per heavy atom. The third-order valence-electron chi connectivity index (χ3n) is 1.96. The van der Waals surface area contributed by atoms with Gasteiger partial charge in [0.15, 0.2) is 5.11 Å². The highest BCUT2D eigenvalue weighted by Crippen LogP contribution is 2.27. The van der Waals surface area contributed by atoms with Crippen molar-refractivity contribution in [1.29, 1.82) is 0 Å². The van der Waals surface area contributed by atoms with Crippen LogP contribution in [0.15, 0.2) is 23.1 Å². The van der Waals surface area contributed by atoms with Crippen LogP contribution in [0.2, 0.25) is 0 Å². The number of non-ortho nitro benzene ring substituents is 1. The number of hydrogen-bond donors (Lipinski definition) is 3. The van der Waals surface area contributed by atoms with Gasteiger partial charge in [-0.1, -0.05) is 0 Å². The van der Waals surface area contributed by atoms with E-state index in [1.165, 1.54) is 7.11 Å². The first kappa shape index (κ1) is 15.1. The number of nitro groups is 1. The predicted molar refractivity (Wildman–Crippen MR) is 69.9 cm³/mol. The number of sulfonamides is 1. The minimum Gasteiger partial charge on any atom is -0.495 e. The Morgan fingerprint density at radius 3 is 2.63 bits per heavy atom. The van der Waals surface area contributed by atoms with Crippen LogP contribution in [0.5, 0.6) is 5.75 Å². The molecule has 0 unspecified atom stereocenters. The van der Waals surface area contributed by atoms with Crippen LogP contribution in [0.3, 0.4) is 0 Å². The van der Waals surface area contributed by atoms with Crippen molar-refractivity contribution < 1.29 is 18.1 Å². The van der Waals surface area contributed by atoms with E-state index >= 15 is 0 Å². The fourth-order valence-corrected chi connectivity index (χ4v) is 2.29. The molecule has 0 aliphatic heterocycles. The molecule has 104 valence electrons. The maximum Gasteiger partial charge on any atom is 0.273 e. The first-order chi connectivity index (χ1) is 8.77. The van der Waals surface area contributed by atoms with E-state index in [-0.39, 0.29) is 21.4 Å². The molecule has 0 amide bonds. The molecular weight excluding hydrogens is 296 g/mol.